The Morgan fingerprint density at radius 1 is 1.39 bits per heavy atom. The van der Waals surface area contributed by atoms with Crippen molar-refractivity contribution in [2.24, 2.45) is 0 Å². The van der Waals surface area contributed by atoms with Crippen molar-refractivity contribution in [2.75, 3.05) is 20.1 Å². The second-order valence-electron chi connectivity index (χ2n) is 5.03. The molecule has 0 amide bonds. The van der Waals surface area contributed by atoms with Crippen LogP contribution in [0.15, 0.2) is 18.2 Å². The zero-order valence-electron chi connectivity index (χ0n) is 10.7. The van der Waals surface area contributed by atoms with Gasteiger partial charge in [-0.15, -0.1) is 0 Å². The normalized spacial score (nSPS) is 11.9. The number of ketones is 1. The Morgan fingerprint density at radius 3 is 2.56 bits per heavy atom. The van der Waals surface area contributed by atoms with E-state index in [-0.39, 0.29) is 12.3 Å². The van der Waals surface area contributed by atoms with Crippen LogP contribution in [0.4, 0.5) is 0 Å². The Morgan fingerprint density at radius 2 is 2.00 bits per heavy atom. The van der Waals surface area contributed by atoms with Crippen molar-refractivity contribution >= 4 is 29.0 Å². The summed E-state index contributed by atoms with van der Waals surface area (Å²) in [6.07, 6.45) is 0. The van der Waals surface area contributed by atoms with Crippen molar-refractivity contribution in [3.8, 4) is 0 Å². The van der Waals surface area contributed by atoms with Crippen LogP contribution in [0.1, 0.15) is 24.2 Å². The van der Waals surface area contributed by atoms with Gasteiger partial charge in [-0.2, -0.15) is 0 Å². The highest BCUT2D eigenvalue weighted by molar-refractivity contribution is 6.36. The second-order valence-corrected chi connectivity index (χ2v) is 5.88. The molecular formula is C13H17Cl2NO2. The summed E-state index contributed by atoms with van der Waals surface area (Å²) in [5.41, 5.74) is -0.431. The lowest BCUT2D eigenvalue weighted by Crippen LogP contribution is -2.38. The SMILES string of the molecule is CN(CC(=O)c1cc(Cl)ccc1Cl)CC(C)(C)O. The van der Waals surface area contributed by atoms with Crippen LogP contribution < -0.4 is 0 Å². The molecule has 0 heterocycles. The summed E-state index contributed by atoms with van der Waals surface area (Å²) in [4.78, 5) is 13.8. The summed E-state index contributed by atoms with van der Waals surface area (Å²) in [7, 11) is 1.77. The number of hydrogen-bond donors (Lipinski definition) is 1. The molecule has 1 rings (SSSR count). The third-order valence-electron chi connectivity index (χ3n) is 2.30. The smallest absolute Gasteiger partial charge is 0.178 e. The minimum atomic E-state index is -0.840. The molecule has 0 aromatic heterocycles. The minimum Gasteiger partial charge on any atom is -0.389 e. The maximum absolute atomic E-state index is 12.0. The van der Waals surface area contributed by atoms with Crippen LogP contribution in [0.3, 0.4) is 0 Å². The van der Waals surface area contributed by atoms with Gasteiger partial charge >= 0.3 is 0 Å². The van der Waals surface area contributed by atoms with Gasteiger partial charge in [-0.05, 0) is 39.1 Å². The summed E-state index contributed by atoms with van der Waals surface area (Å²) >= 11 is 11.8. The van der Waals surface area contributed by atoms with Gasteiger partial charge in [0.25, 0.3) is 0 Å². The topological polar surface area (TPSA) is 40.5 Å². The number of rotatable bonds is 5. The van der Waals surface area contributed by atoms with Gasteiger partial charge < -0.3 is 5.11 Å². The molecule has 1 aromatic rings. The number of Topliss-reactive ketones (excluding diaryl/α,β-unsaturated/α-hetero) is 1. The molecule has 0 spiro atoms. The summed E-state index contributed by atoms with van der Waals surface area (Å²) in [6.45, 7) is 3.97. The molecule has 0 bridgehead atoms. The standard InChI is InChI=1S/C13H17Cl2NO2/c1-13(2,18)8-16(3)7-12(17)10-6-9(14)4-5-11(10)15/h4-6,18H,7-8H2,1-3H3. The fourth-order valence-corrected chi connectivity index (χ4v) is 2.15. The second kappa shape index (κ2) is 6.02. The molecule has 0 saturated heterocycles. The summed E-state index contributed by atoms with van der Waals surface area (Å²) < 4.78 is 0. The largest absolute Gasteiger partial charge is 0.389 e. The number of carbonyl (C=O) groups excluding carboxylic acids is 1. The molecule has 0 radical (unpaired) electrons. The van der Waals surface area contributed by atoms with Crippen LogP contribution >= 0.6 is 23.2 Å². The van der Waals surface area contributed by atoms with Gasteiger partial charge in [-0.25, -0.2) is 0 Å². The first-order valence-corrected chi connectivity index (χ1v) is 6.34. The number of benzene rings is 1. The predicted octanol–water partition coefficient (Wildman–Crippen LogP) is 2.88. The maximum Gasteiger partial charge on any atom is 0.178 e. The molecule has 0 aliphatic heterocycles. The molecule has 0 aliphatic rings. The zero-order chi connectivity index (χ0) is 13.9. The molecule has 5 heteroatoms. The molecule has 3 nitrogen and oxygen atoms in total. The van der Waals surface area contributed by atoms with Gasteiger partial charge in [0.05, 0.1) is 17.2 Å². The Labute approximate surface area is 117 Å². The number of nitrogens with zero attached hydrogens (tertiary/aromatic N) is 1. The molecule has 0 unspecified atom stereocenters. The van der Waals surface area contributed by atoms with Crippen molar-refractivity contribution in [2.45, 2.75) is 19.4 Å². The number of carbonyl (C=O) groups is 1. The third kappa shape index (κ3) is 4.94. The van der Waals surface area contributed by atoms with Gasteiger partial charge in [0.2, 0.25) is 0 Å². The van der Waals surface area contributed by atoms with Crippen molar-refractivity contribution < 1.29 is 9.90 Å². The van der Waals surface area contributed by atoms with Gasteiger partial charge in [-0.1, -0.05) is 23.2 Å². The Hall–Kier alpha value is -0.610. The lowest BCUT2D eigenvalue weighted by atomic mass is 10.1. The fourth-order valence-electron chi connectivity index (χ4n) is 1.76. The van der Waals surface area contributed by atoms with Gasteiger partial charge in [0.1, 0.15) is 0 Å². The highest BCUT2D eigenvalue weighted by Gasteiger charge is 2.19. The van der Waals surface area contributed by atoms with Gasteiger partial charge in [0.15, 0.2) is 5.78 Å². The maximum atomic E-state index is 12.0. The quantitative estimate of drug-likeness (QED) is 0.848. The van der Waals surface area contributed by atoms with E-state index >= 15 is 0 Å². The van der Waals surface area contributed by atoms with Gasteiger partial charge in [0, 0.05) is 17.1 Å². The zero-order valence-corrected chi connectivity index (χ0v) is 12.2. The minimum absolute atomic E-state index is 0.116. The fraction of sp³-hybridized carbons (Fsp3) is 0.462. The molecule has 0 aliphatic carbocycles. The molecule has 1 aromatic carbocycles. The van der Waals surface area contributed by atoms with Crippen LogP contribution in [0.25, 0.3) is 0 Å². The van der Waals surface area contributed by atoms with E-state index in [4.69, 9.17) is 23.2 Å². The Balaban J connectivity index is 2.74. The molecule has 100 valence electrons. The molecule has 18 heavy (non-hydrogen) atoms. The predicted molar refractivity (Wildman–Crippen MR) is 74.6 cm³/mol. The summed E-state index contributed by atoms with van der Waals surface area (Å²) in [6, 6.07) is 4.80. The molecular weight excluding hydrogens is 273 g/mol. The monoisotopic (exact) mass is 289 g/mol. The van der Waals surface area contributed by atoms with Crippen LogP contribution in [-0.2, 0) is 0 Å². The lowest BCUT2D eigenvalue weighted by molar-refractivity contribution is 0.0439. The van der Waals surface area contributed by atoms with Crippen LogP contribution in [-0.4, -0.2) is 41.5 Å². The summed E-state index contributed by atoms with van der Waals surface area (Å²) in [5, 5.41) is 10.5. The van der Waals surface area contributed by atoms with Crippen molar-refractivity contribution in [1.29, 1.82) is 0 Å². The van der Waals surface area contributed by atoms with E-state index in [0.717, 1.165) is 0 Å². The highest BCUT2D eigenvalue weighted by Crippen LogP contribution is 2.21. The molecule has 0 saturated carbocycles. The molecule has 0 atom stereocenters. The Kier molecular flexibility index (Phi) is 5.17. The van der Waals surface area contributed by atoms with Crippen LogP contribution in [0.5, 0.6) is 0 Å². The van der Waals surface area contributed by atoms with Crippen molar-refractivity contribution in [3.05, 3.63) is 33.8 Å². The molecule has 1 N–H and O–H groups in total. The van der Waals surface area contributed by atoms with Crippen LogP contribution in [0.2, 0.25) is 10.0 Å². The summed E-state index contributed by atoms with van der Waals surface area (Å²) in [5.74, 6) is -0.116. The van der Waals surface area contributed by atoms with Crippen molar-refractivity contribution in [1.82, 2.24) is 4.90 Å². The number of hydrogen-bond acceptors (Lipinski definition) is 3. The van der Waals surface area contributed by atoms with E-state index in [9.17, 15) is 9.90 Å². The molecule has 0 fully saturated rings. The van der Waals surface area contributed by atoms with E-state index in [1.165, 1.54) is 0 Å². The number of halogens is 2. The third-order valence-corrected chi connectivity index (χ3v) is 2.86. The van der Waals surface area contributed by atoms with E-state index in [1.807, 2.05) is 0 Å². The van der Waals surface area contributed by atoms with E-state index in [0.29, 0.717) is 22.2 Å². The highest BCUT2D eigenvalue weighted by atomic mass is 35.5. The van der Waals surface area contributed by atoms with Crippen molar-refractivity contribution in [3.63, 3.8) is 0 Å². The van der Waals surface area contributed by atoms with Crippen LogP contribution in [0, 0.1) is 0 Å². The first-order valence-electron chi connectivity index (χ1n) is 5.58. The van der Waals surface area contributed by atoms with E-state index in [1.54, 1.807) is 44.0 Å². The van der Waals surface area contributed by atoms with Gasteiger partial charge in [-0.3, -0.25) is 9.69 Å². The average molecular weight is 290 g/mol. The first kappa shape index (κ1) is 15.4. The first-order chi connectivity index (χ1) is 8.19. The lowest BCUT2D eigenvalue weighted by Gasteiger charge is -2.24. The van der Waals surface area contributed by atoms with E-state index < -0.39 is 5.60 Å². The average Bonchev–Trinajstić information content (AvgIpc) is 2.18. The number of likely N-dealkylation sites (N-methyl/N-ethyl adjacent to an activating group) is 1. The Bertz CT molecular complexity index is 441. The number of aliphatic hydroxyl groups is 1. The van der Waals surface area contributed by atoms with E-state index in [2.05, 4.69) is 0 Å².